The van der Waals surface area contributed by atoms with Gasteiger partial charge in [0.1, 0.15) is 0 Å². The number of hydrogen-bond donors (Lipinski definition) is 4. The predicted octanol–water partition coefficient (Wildman–Crippen LogP) is 2.42. The second-order valence-electron chi connectivity index (χ2n) is 7.51. The van der Waals surface area contributed by atoms with Crippen molar-refractivity contribution in [3.8, 4) is 0 Å². The Hall–Kier alpha value is -5.66. The smallest absolute Gasteiger partial charge is 0.346 e. The number of aliphatic carboxylic acids is 2. The number of rotatable bonds is 11. The molecule has 0 heterocycles. The van der Waals surface area contributed by atoms with Gasteiger partial charge in [-0.15, -0.1) is 0 Å². The van der Waals surface area contributed by atoms with Crippen molar-refractivity contribution in [3.05, 3.63) is 82.9 Å². The number of benzene rings is 2. The van der Waals surface area contributed by atoms with Gasteiger partial charge < -0.3 is 29.9 Å². The SMILES string of the molecule is O=C(/C=C\C(=O)OC(=O)c1ccc(C(=O)O)cc1)OC(=O)c1ccc(C(=O)O)cc1.O=C(O)CCCCC(=O)O. The quantitative estimate of drug-likeness (QED) is 0.134. The molecule has 2 aromatic rings. The largest absolute Gasteiger partial charge is 0.481 e. The van der Waals surface area contributed by atoms with Crippen LogP contribution in [0, 0.1) is 0 Å². The molecular formula is C26H22O14. The van der Waals surface area contributed by atoms with Crippen LogP contribution >= 0.6 is 0 Å². The van der Waals surface area contributed by atoms with E-state index in [2.05, 4.69) is 9.47 Å². The summed E-state index contributed by atoms with van der Waals surface area (Å²) in [4.78, 5) is 88.0. The molecule has 0 radical (unpaired) electrons. The summed E-state index contributed by atoms with van der Waals surface area (Å²) in [6.45, 7) is 0. The van der Waals surface area contributed by atoms with E-state index in [-0.39, 0.29) is 35.1 Å². The zero-order valence-electron chi connectivity index (χ0n) is 20.5. The molecule has 0 atom stereocenters. The summed E-state index contributed by atoms with van der Waals surface area (Å²) in [5, 5.41) is 33.8. The molecule has 0 aliphatic heterocycles. The van der Waals surface area contributed by atoms with Crippen molar-refractivity contribution >= 4 is 47.8 Å². The molecule has 0 amide bonds. The van der Waals surface area contributed by atoms with Gasteiger partial charge >= 0.3 is 47.8 Å². The number of hydrogen-bond acceptors (Lipinski definition) is 10. The Kier molecular flexibility index (Phi) is 13.1. The number of esters is 4. The van der Waals surface area contributed by atoms with Crippen LogP contribution < -0.4 is 0 Å². The van der Waals surface area contributed by atoms with Crippen molar-refractivity contribution in [1.82, 2.24) is 0 Å². The Balaban J connectivity index is 0.000000680. The molecule has 0 unspecified atom stereocenters. The average Bonchev–Trinajstić information content (AvgIpc) is 2.90. The molecule has 0 saturated heterocycles. The summed E-state index contributed by atoms with van der Waals surface area (Å²) < 4.78 is 8.90. The van der Waals surface area contributed by atoms with Gasteiger partial charge in [0, 0.05) is 25.0 Å². The zero-order chi connectivity index (χ0) is 30.2. The lowest BCUT2D eigenvalue weighted by atomic mass is 10.1. The second kappa shape index (κ2) is 16.2. The molecule has 40 heavy (non-hydrogen) atoms. The highest BCUT2D eigenvalue weighted by Crippen LogP contribution is 2.08. The van der Waals surface area contributed by atoms with Gasteiger partial charge in [-0.2, -0.15) is 0 Å². The molecule has 0 saturated carbocycles. The van der Waals surface area contributed by atoms with Gasteiger partial charge in [0.2, 0.25) is 0 Å². The van der Waals surface area contributed by atoms with Crippen LogP contribution in [0.1, 0.15) is 67.1 Å². The Labute approximate surface area is 225 Å². The first-order valence-corrected chi connectivity index (χ1v) is 11.1. The summed E-state index contributed by atoms with van der Waals surface area (Å²) in [5.41, 5.74) is -0.320. The normalized spacial score (nSPS) is 10.0. The molecule has 0 fully saturated rings. The number of ether oxygens (including phenoxy) is 2. The molecule has 210 valence electrons. The molecule has 0 aromatic heterocycles. The highest BCUT2D eigenvalue weighted by atomic mass is 16.6. The van der Waals surface area contributed by atoms with E-state index in [1.54, 1.807) is 0 Å². The third-order valence-electron chi connectivity index (χ3n) is 4.51. The number of carboxylic acid groups (broad SMARTS) is 4. The van der Waals surface area contributed by atoms with Crippen LogP contribution in [0.25, 0.3) is 0 Å². The fourth-order valence-corrected chi connectivity index (χ4v) is 2.55. The van der Waals surface area contributed by atoms with Gasteiger partial charge in [-0.1, -0.05) is 0 Å². The third-order valence-corrected chi connectivity index (χ3v) is 4.51. The fraction of sp³-hybridized carbons (Fsp3) is 0.154. The first-order valence-electron chi connectivity index (χ1n) is 11.1. The minimum atomic E-state index is -1.22. The van der Waals surface area contributed by atoms with Gasteiger partial charge in [-0.05, 0) is 61.4 Å². The van der Waals surface area contributed by atoms with Crippen LogP contribution in [0.3, 0.4) is 0 Å². The minimum Gasteiger partial charge on any atom is -0.481 e. The lowest BCUT2D eigenvalue weighted by Crippen LogP contribution is -2.13. The lowest BCUT2D eigenvalue weighted by Gasteiger charge is -2.02. The molecule has 0 spiro atoms. The van der Waals surface area contributed by atoms with Gasteiger partial charge in [-0.25, -0.2) is 28.8 Å². The van der Waals surface area contributed by atoms with E-state index in [0.717, 1.165) is 48.5 Å². The standard InChI is InChI=1S/C20H12O10.C6H10O4/c21-15(29-19(27)13-5-1-11(2-6-13)17(23)24)9-10-16(22)30-20(28)14-7-3-12(4-8-14)18(25)26;7-5(8)3-1-2-4-6(9)10/h1-10H,(H,23,24)(H,25,26);1-4H2,(H,7,8)(H,9,10)/b10-9-;. The number of carbonyl (C=O) groups excluding carboxylic acids is 4. The summed E-state index contributed by atoms with van der Waals surface area (Å²) in [6.07, 6.45) is 2.14. The van der Waals surface area contributed by atoms with E-state index in [1.165, 1.54) is 0 Å². The van der Waals surface area contributed by atoms with E-state index >= 15 is 0 Å². The highest BCUT2D eigenvalue weighted by molar-refractivity contribution is 6.04. The Morgan fingerprint density at radius 1 is 0.500 bits per heavy atom. The Morgan fingerprint density at radius 3 is 1.02 bits per heavy atom. The minimum absolute atomic E-state index is 0.0628. The number of unbranched alkanes of at least 4 members (excludes halogenated alkanes) is 1. The van der Waals surface area contributed by atoms with E-state index < -0.39 is 47.8 Å². The number of carboxylic acids is 4. The lowest BCUT2D eigenvalue weighted by molar-refractivity contribution is -0.139. The average molecular weight is 558 g/mol. The topological polar surface area (TPSA) is 236 Å². The second-order valence-corrected chi connectivity index (χ2v) is 7.51. The van der Waals surface area contributed by atoms with Crippen LogP contribution in [-0.2, 0) is 28.7 Å². The summed E-state index contributed by atoms with van der Waals surface area (Å²) in [5.74, 6) is -8.74. The first kappa shape index (κ1) is 32.4. The molecular weight excluding hydrogens is 536 g/mol. The molecule has 14 nitrogen and oxygen atoms in total. The molecule has 2 aromatic carbocycles. The first-order chi connectivity index (χ1) is 18.8. The van der Waals surface area contributed by atoms with Crippen LogP contribution in [-0.4, -0.2) is 68.2 Å². The van der Waals surface area contributed by atoms with Gasteiger partial charge in [-0.3, -0.25) is 9.59 Å². The van der Waals surface area contributed by atoms with Crippen LogP contribution in [0.5, 0.6) is 0 Å². The monoisotopic (exact) mass is 558 g/mol. The maximum atomic E-state index is 11.8. The maximum Gasteiger partial charge on any atom is 0.346 e. The van der Waals surface area contributed by atoms with Crippen LogP contribution in [0.15, 0.2) is 60.7 Å². The number of aromatic carboxylic acids is 2. The van der Waals surface area contributed by atoms with Crippen molar-refractivity contribution in [2.24, 2.45) is 0 Å². The maximum absolute atomic E-state index is 11.8. The van der Waals surface area contributed by atoms with Crippen molar-refractivity contribution in [1.29, 1.82) is 0 Å². The van der Waals surface area contributed by atoms with Gasteiger partial charge in [0.15, 0.2) is 0 Å². The van der Waals surface area contributed by atoms with E-state index in [4.69, 9.17) is 20.4 Å². The highest BCUT2D eigenvalue weighted by Gasteiger charge is 2.15. The Morgan fingerprint density at radius 2 is 0.775 bits per heavy atom. The van der Waals surface area contributed by atoms with Crippen LogP contribution in [0.4, 0.5) is 0 Å². The summed E-state index contributed by atoms with van der Waals surface area (Å²) in [6, 6.07) is 9.15. The Bertz CT molecular complexity index is 1200. The molecule has 2 rings (SSSR count). The summed E-state index contributed by atoms with van der Waals surface area (Å²) in [7, 11) is 0. The summed E-state index contributed by atoms with van der Waals surface area (Å²) >= 11 is 0. The molecule has 0 aliphatic rings. The van der Waals surface area contributed by atoms with Crippen molar-refractivity contribution in [2.75, 3.05) is 0 Å². The third kappa shape index (κ3) is 12.5. The van der Waals surface area contributed by atoms with Crippen molar-refractivity contribution in [3.63, 3.8) is 0 Å². The van der Waals surface area contributed by atoms with E-state index in [9.17, 15) is 38.4 Å². The van der Waals surface area contributed by atoms with Crippen molar-refractivity contribution < 1.29 is 68.3 Å². The fourth-order valence-electron chi connectivity index (χ4n) is 2.55. The van der Waals surface area contributed by atoms with Gasteiger partial charge in [0.25, 0.3) is 0 Å². The molecule has 0 aliphatic carbocycles. The molecule has 14 heteroatoms. The zero-order valence-corrected chi connectivity index (χ0v) is 20.5. The molecule has 0 bridgehead atoms. The van der Waals surface area contributed by atoms with Gasteiger partial charge in [0.05, 0.1) is 22.3 Å². The van der Waals surface area contributed by atoms with E-state index in [1.807, 2.05) is 0 Å². The van der Waals surface area contributed by atoms with E-state index in [0.29, 0.717) is 25.0 Å². The van der Waals surface area contributed by atoms with Crippen molar-refractivity contribution in [2.45, 2.75) is 25.7 Å². The predicted molar refractivity (Wildman–Crippen MR) is 131 cm³/mol. The molecule has 4 N–H and O–H groups in total. The van der Waals surface area contributed by atoms with Crippen LogP contribution in [0.2, 0.25) is 0 Å². The number of carbonyl (C=O) groups is 8.